The second kappa shape index (κ2) is 8.67. The number of amides is 1. The molecule has 0 radical (unpaired) electrons. The summed E-state index contributed by atoms with van der Waals surface area (Å²) >= 11 is 1.59. The van der Waals surface area contributed by atoms with Crippen molar-refractivity contribution in [2.24, 2.45) is 0 Å². The van der Waals surface area contributed by atoms with Crippen molar-refractivity contribution in [2.75, 3.05) is 6.54 Å². The van der Waals surface area contributed by atoms with Crippen LogP contribution >= 0.6 is 11.3 Å². The Bertz CT molecular complexity index is 1020. The van der Waals surface area contributed by atoms with Gasteiger partial charge in [0, 0.05) is 12.7 Å². The third kappa shape index (κ3) is 4.21. The Morgan fingerprint density at radius 2 is 1.71 bits per heavy atom. The molecule has 2 aromatic heterocycles. The Balaban J connectivity index is 1.49. The molecule has 2 aromatic carbocycles. The van der Waals surface area contributed by atoms with Crippen LogP contribution in [0.3, 0.4) is 0 Å². The highest BCUT2D eigenvalue weighted by molar-refractivity contribution is 7.13. The van der Waals surface area contributed by atoms with E-state index in [1.54, 1.807) is 16.0 Å². The van der Waals surface area contributed by atoms with E-state index >= 15 is 0 Å². The van der Waals surface area contributed by atoms with Crippen molar-refractivity contribution < 1.29 is 4.79 Å². The zero-order chi connectivity index (χ0) is 19.2. The second-order valence-electron chi connectivity index (χ2n) is 6.49. The summed E-state index contributed by atoms with van der Waals surface area (Å²) in [4.78, 5) is 13.8. The van der Waals surface area contributed by atoms with Crippen LogP contribution in [0.25, 0.3) is 16.3 Å². The van der Waals surface area contributed by atoms with Gasteiger partial charge in [-0.1, -0.05) is 54.6 Å². The van der Waals surface area contributed by atoms with Crippen LogP contribution in [0.1, 0.15) is 22.3 Å². The van der Waals surface area contributed by atoms with E-state index in [9.17, 15) is 4.79 Å². The lowest BCUT2D eigenvalue weighted by molar-refractivity contribution is 0.0954. The van der Waals surface area contributed by atoms with Gasteiger partial charge >= 0.3 is 0 Å². The molecule has 0 atom stereocenters. The van der Waals surface area contributed by atoms with E-state index in [1.807, 2.05) is 72.2 Å². The Hall–Kier alpha value is -3.18. The molecule has 0 spiro atoms. The van der Waals surface area contributed by atoms with Gasteiger partial charge in [0.1, 0.15) is 5.69 Å². The van der Waals surface area contributed by atoms with Crippen LogP contribution in [0.2, 0.25) is 0 Å². The molecule has 0 aliphatic carbocycles. The molecule has 4 nitrogen and oxygen atoms in total. The van der Waals surface area contributed by atoms with Gasteiger partial charge in [0.15, 0.2) is 0 Å². The van der Waals surface area contributed by atoms with Gasteiger partial charge in [-0.05, 0) is 42.0 Å². The summed E-state index contributed by atoms with van der Waals surface area (Å²) in [7, 11) is 0. The first-order chi connectivity index (χ1) is 13.8. The molecule has 4 aromatic rings. The molecule has 1 amide bonds. The predicted octanol–water partition coefficient (Wildman–Crippen LogP) is 4.96. The molecule has 0 saturated carbocycles. The van der Waals surface area contributed by atoms with Gasteiger partial charge in [-0.25, -0.2) is 4.68 Å². The van der Waals surface area contributed by atoms with Crippen LogP contribution < -0.4 is 5.32 Å². The molecule has 4 rings (SSSR count). The number of carbonyl (C=O) groups excluding carboxylic acids is 1. The second-order valence-corrected chi connectivity index (χ2v) is 7.44. The van der Waals surface area contributed by atoms with E-state index in [2.05, 4.69) is 22.5 Å². The van der Waals surface area contributed by atoms with E-state index in [0.717, 1.165) is 29.1 Å². The number of hydrogen-bond donors (Lipinski definition) is 1. The lowest BCUT2D eigenvalue weighted by atomic mass is 10.1. The van der Waals surface area contributed by atoms with E-state index in [1.165, 1.54) is 5.56 Å². The highest BCUT2D eigenvalue weighted by Gasteiger charge is 2.19. The van der Waals surface area contributed by atoms with Gasteiger partial charge in [-0.2, -0.15) is 5.10 Å². The first kappa shape index (κ1) is 18.2. The van der Waals surface area contributed by atoms with Crippen LogP contribution in [0.15, 0.2) is 84.4 Å². The molecule has 5 heteroatoms. The predicted molar refractivity (Wildman–Crippen MR) is 114 cm³/mol. The molecule has 1 N–H and O–H groups in total. The summed E-state index contributed by atoms with van der Waals surface area (Å²) in [5, 5.41) is 9.73. The maximum Gasteiger partial charge on any atom is 0.255 e. The molecule has 140 valence electrons. The van der Waals surface area contributed by atoms with Gasteiger partial charge in [0.05, 0.1) is 16.1 Å². The van der Waals surface area contributed by atoms with Crippen LogP contribution in [0, 0.1) is 0 Å². The highest BCUT2D eigenvalue weighted by atomic mass is 32.1. The third-order valence-corrected chi connectivity index (χ3v) is 5.38. The van der Waals surface area contributed by atoms with E-state index in [0.29, 0.717) is 12.1 Å². The maximum absolute atomic E-state index is 12.9. The van der Waals surface area contributed by atoms with Crippen LogP contribution in [-0.4, -0.2) is 22.2 Å². The van der Waals surface area contributed by atoms with E-state index in [4.69, 9.17) is 0 Å². The van der Waals surface area contributed by atoms with Crippen molar-refractivity contribution in [3.63, 3.8) is 0 Å². The monoisotopic (exact) mass is 387 g/mol. The molecule has 0 unspecified atom stereocenters. The summed E-state index contributed by atoms with van der Waals surface area (Å²) in [6.07, 6.45) is 3.66. The highest BCUT2D eigenvalue weighted by Crippen LogP contribution is 2.27. The average molecular weight is 388 g/mol. The number of para-hydroxylation sites is 1. The minimum Gasteiger partial charge on any atom is -0.352 e. The SMILES string of the molecule is O=C(NCCCc1ccccc1)c1cn(-c2ccccc2)nc1-c1cccs1. The fraction of sp³-hybridized carbons (Fsp3) is 0.130. The van der Waals surface area contributed by atoms with Crippen molar-refractivity contribution in [1.82, 2.24) is 15.1 Å². The number of rotatable bonds is 7. The van der Waals surface area contributed by atoms with Crippen LogP contribution in [0.4, 0.5) is 0 Å². The summed E-state index contributed by atoms with van der Waals surface area (Å²) in [5.74, 6) is -0.0846. The van der Waals surface area contributed by atoms with Crippen LogP contribution in [0.5, 0.6) is 0 Å². The minimum absolute atomic E-state index is 0.0846. The first-order valence-electron chi connectivity index (χ1n) is 9.32. The molecular formula is C23H21N3OS. The molecule has 0 saturated heterocycles. The topological polar surface area (TPSA) is 46.9 Å². The molecule has 0 bridgehead atoms. The number of aromatic nitrogens is 2. The zero-order valence-electron chi connectivity index (χ0n) is 15.4. The van der Waals surface area contributed by atoms with Gasteiger partial charge in [0.25, 0.3) is 5.91 Å². The summed E-state index contributed by atoms with van der Waals surface area (Å²) in [5.41, 5.74) is 3.54. The largest absolute Gasteiger partial charge is 0.352 e. The van der Waals surface area contributed by atoms with Gasteiger partial charge in [0.2, 0.25) is 0 Å². The third-order valence-electron chi connectivity index (χ3n) is 4.50. The Kier molecular flexibility index (Phi) is 5.64. The summed E-state index contributed by atoms with van der Waals surface area (Å²) < 4.78 is 1.77. The lowest BCUT2D eigenvalue weighted by Gasteiger charge is -2.05. The minimum atomic E-state index is -0.0846. The quantitative estimate of drug-likeness (QED) is 0.456. The molecule has 28 heavy (non-hydrogen) atoms. The smallest absolute Gasteiger partial charge is 0.255 e. The molecule has 0 aliphatic rings. The average Bonchev–Trinajstić information content (AvgIpc) is 3.42. The number of hydrogen-bond acceptors (Lipinski definition) is 3. The number of thiophene rings is 1. The first-order valence-corrected chi connectivity index (χ1v) is 10.2. The van der Waals surface area contributed by atoms with Crippen molar-refractivity contribution in [2.45, 2.75) is 12.8 Å². The van der Waals surface area contributed by atoms with Gasteiger partial charge < -0.3 is 5.32 Å². The Labute approximate surface area is 168 Å². The van der Waals surface area contributed by atoms with Crippen molar-refractivity contribution in [1.29, 1.82) is 0 Å². The molecule has 2 heterocycles. The van der Waals surface area contributed by atoms with Crippen molar-refractivity contribution >= 4 is 17.2 Å². The number of aryl methyl sites for hydroxylation is 1. The molecular weight excluding hydrogens is 366 g/mol. The summed E-state index contributed by atoms with van der Waals surface area (Å²) in [6.45, 7) is 0.633. The van der Waals surface area contributed by atoms with Crippen molar-refractivity contribution in [3.8, 4) is 16.3 Å². The standard InChI is InChI=1S/C23H21N3OS/c27-23(24-15-7-11-18-9-3-1-4-10-18)20-17-26(19-12-5-2-6-13-19)25-22(20)21-14-8-16-28-21/h1-6,8-10,12-14,16-17H,7,11,15H2,(H,24,27). The lowest BCUT2D eigenvalue weighted by Crippen LogP contribution is -2.25. The Morgan fingerprint density at radius 3 is 2.43 bits per heavy atom. The van der Waals surface area contributed by atoms with Crippen LogP contribution in [-0.2, 0) is 6.42 Å². The van der Waals surface area contributed by atoms with E-state index in [-0.39, 0.29) is 5.91 Å². The van der Waals surface area contributed by atoms with Crippen molar-refractivity contribution in [3.05, 3.63) is 95.5 Å². The Morgan fingerprint density at radius 1 is 0.964 bits per heavy atom. The van der Waals surface area contributed by atoms with Gasteiger partial charge in [-0.3, -0.25) is 4.79 Å². The molecule has 0 fully saturated rings. The number of nitrogens with one attached hydrogen (secondary N) is 1. The zero-order valence-corrected chi connectivity index (χ0v) is 16.2. The maximum atomic E-state index is 12.9. The molecule has 0 aliphatic heterocycles. The van der Waals surface area contributed by atoms with Gasteiger partial charge in [-0.15, -0.1) is 11.3 Å². The normalized spacial score (nSPS) is 10.7. The number of nitrogens with zero attached hydrogens (tertiary/aromatic N) is 2. The fourth-order valence-corrected chi connectivity index (χ4v) is 3.81. The number of carbonyl (C=O) groups is 1. The summed E-state index contributed by atoms with van der Waals surface area (Å²) in [6, 6.07) is 24.1. The number of benzene rings is 2. The fourth-order valence-electron chi connectivity index (χ4n) is 3.08. The van der Waals surface area contributed by atoms with E-state index < -0.39 is 0 Å².